The van der Waals surface area contributed by atoms with Crippen molar-refractivity contribution in [2.24, 2.45) is 0 Å². The van der Waals surface area contributed by atoms with Gasteiger partial charge in [0.15, 0.2) is 12.1 Å². The van der Waals surface area contributed by atoms with Crippen LogP contribution in [0.4, 0.5) is 0 Å². The van der Waals surface area contributed by atoms with Crippen molar-refractivity contribution in [2.75, 3.05) is 6.54 Å². The Morgan fingerprint density at radius 1 is 1.30 bits per heavy atom. The van der Waals surface area contributed by atoms with Gasteiger partial charge in [-0.25, -0.2) is 4.98 Å². The van der Waals surface area contributed by atoms with Crippen LogP contribution in [0.25, 0.3) is 0 Å². The molecule has 1 aliphatic carbocycles. The molecule has 2 fully saturated rings. The van der Waals surface area contributed by atoms with Gasteiger partial charge in [0.2, 0.25) is 0 Å². The van der Waals surface area contributed by atoms with Crippen LogP contribution in [0.3, 0.4) is 0 Å². The summed E-state index contributed by atoms with van der Waals surface area (Å²) in [5.41, 5.74) is 0.540. The van der Waals surface area contributed by atoms with Gasteiger partial charge in [0.25, 0.3) is 5.91 Å². The lowest BCUT2D eigenvalue weighted by Crippen LogP contribution is -2.44. The quantitative estimate of drug-likeness (QED) is 0.851. The molecular formula is C17H22N4O2. The van der Waals surface area contributed by atoms with Crippen molar-refractivity contribution >= 4 is 5.91 Å². The lowest BCUT2D eigenvalue weighted by molar-refractivity contribution is 0.0586. The number of nitrogens with zero attached hydrogens (tertiary/aromatic N) is 4. The number of carbonyl (C=O) groups excluding carboxylic acids is 1. The fourth-order valence-corrected chi connectivity index (χ4v) is 3.47. The number of oxazole rings is 1. The van der Waals surface area contributed by atoms with E-state index in [0.717, 1.165) is 51.0 Å². The van der Waals surface area contributed by atoms with Crippen molar-refractivity contribution in [3.63, 3.8) is 0 Å². The smallest absolute Gasteiger partial charge is 0.276 e. The van der Waals surface area contributed by atoms with Gasteiger partial charge in [-0.3, -0.25) is 9.48 Å². The van der Waals surface area contributed by atoms with E-state index in [1.54, 1.807) is 6.20 Å². The predicted molar refractivity (Wildman–Crippen MR) is 84.0 cm³/mol. The number of hydrogen-bond acceptors (Lipinski definition) is 4. The minimum Gasteiger partial charge on any atom is -0.447 e. The Labute approximate surface area is 135 Å². The standard InChI is InChI=1S/C17H22N4O2/c22-17(15-16(13-5-6-13)23-12-18-15)21-10-2-1-4-14(21)7-11-20-9-3-8-19-20/h3,8-9,12-14H,1-2,4-7,10-11H2. The van der Waals surface area contributed by atoms with Crippen LogP contribution in [-0.2, 0) is 6.54 Å². The Kier molecular flexibility index (Phi) is 3.89. The molecule has 1 saturated heterocycles. The van der Waals surface area contributed by atoms with E-state index in [1.807, 2.05) is 21.8 Å². The number of piperidine rings is 1. The largest absolute Gasteiger partial charge is 0.447 e. The third kappa shape index (κ3) is 3.02. The molecule has 4 rings (SSSR count). The summed E-state index contributed by atoms with van der Waals surface area (Å²) in [4.78, 5) is 19.2. The molecule has 2 aliphatic rings. The summed E-state index contributed by atoms with van der Waals surface area (Å²) in [6.07, 6.45) is 11.6. The van der Waals surface area contributed by atoms with Crippen molar-refractivity contribution in [2.45, 2.75) is 57.0 Å². The van der Waals surface area contributed by atoms with E-state index in [2.05, 4.69) is 10.1 Å². The first-order chi connectivity index (χ1) is 11.3. The molecule has 1 amide bonds. The first-order valence-electron chi connectivity index (χ1n) is 8.54. The molecule has 2 aromatic heterocycles. The predicted octanol–water partition coefficient (Wildman–Crippen LogP) is 2.83. The average molecular weight is 314 g/mol. The van der Waals surface area contributed by atoms with E-state index in [-0.39, 0.29) is 11.9 Å². The Morgan fingerprint density at radius 2 is 2.22 bits per heavy atom. The fraction of sp³-hybridized carbons (Fsp3) is 0.588. The molecule has 1 saturated carbocycles. The van der Waals surface area contributed by atoms with Gasteiger partial charge in [0.1, 0.15) is 5.76 Å². The monoisotopic (exact) mass is 314 g/mol. The van der Waals surface area contributed by atoms with Crippen LogP contribution < -0.4 is 0 Å². The number of likely N-dealkylation sites (tertiary alicyclic amines) is 1. The zero-order valence-corrected chi connectivity index (χ0v) is 13.2. The zero-order valence-electron chi connectivity index (χ0n) is 13.2. The highest BCUT2D eigenvalue weighted by Gasteiger charge is 2.36. The topological polar surface area (TPSA) is 64.2 Å². The van der Waals surface area contributed by atoms with Crippen LogP contribution >= 0.6 is 0 Å². The fourth-order valence-electron chi connectivity index (χ4n) is 3.47. The third-order valence-electron chi connectivity index (χ3n) is 4.88. The zero-order chi connectivity index (χ0) is 15.6. The number of rotatable bonds is 5. The second-order valence-corrected chi connectivity index (χ2v) is 6.55. The minimum atomic E-state index is 0.0471. The summed E-state index contributed by atoms with van der Waals surface area (Å²) in [7, 11) is 0. The molecule has 0 radical (unpaired) electrons. The van der Waals surface area contributed by atoms with Crippen LogP contribution in [0.5, 0.6) is 0 Å². The van der Waals surface area contributed by atoms with Gasteiger partial charge >= 0.3 is 0 Å². The van der Waals surface area contributed by atoms with E-state index in [9.17, 15) is 4.79 Å². The van der Waals surface area contributed by atoms with Crippen molar-refractivity contribution < 1.29 is 9.21 Å². The van der Waals surface area contributed by atoms with Gasteiger partial charge in [-0.05, 0) is 44.6 Å². The minimum absolute atomic E-state index is 0.0471. The van der Waals surface area contributed by atoms with Gasteiger partial charge in [0.05, 0.1) is 0 Å². The Balaban J connectivity index is 1.47. The van der Waals surface area contributed by atoms with Gasteiger partial charge in [0, 0.05) is 37.4 Å². The highest BCUT2D eigenvalue weighted by molar-refractivity contribution is 5.93. The summed E-state index contributed by atoms with van der Waals surface area (Å²) in [6.45, 7) is 1.66. The molecule has 1 aliphatic heterocycles. The summed E-state index contributed by atoms with van der Waals surface area (Å²) >= 11 is 0. The maximum atomic E-state index is 13.0. The maximum absolute atomic E-state index is 13.0. The van der Waals surface area contributed by atoms with Crippen molar-refractivity contribution in [3.05, 3.63) is 36.3 Å². The molecule has 3 heterocycles. The first kappa shape index (κ1) is 14.5. The Hall–Kier alpha value is -2.11. The second kappa shape index (κ2) is 6.18. The van der Waals surface area contributed by atoms with Crippen LogP contribution in [0.1, 0.15) is 60.7 Å². The number of amides is 1. The normalized spacial score (nSPS) is 21.6. The maximum Gasteiger partial charge on any atom is 0.276 e. The summed E-state index contributed by atoms with van der Waals surface area (Å²) in [5, 5.41) is 4.25. The Morgan fingerprint density at radius 3 is 3.00 bits per heavy atom. The van der Waals surface area contributed by atoms with Gasteiger partial charge in [-0.2, -0.15) is 5.10 Å². The van der Waals surface area contributed by atoms with E-state index >= 15 is 0 Å². The van der Waals surface area contributed by atoms with Crippen LogP contribution in [-0.4, -0.2) is 38.2 Å². The van der Waals surface area contributed by atoms with E-state index in [4.69, 9.17) is 4.42 Å². The molecule has 122 valence electrons. The molecule has 23 heavy (non-hydrogen) atoms. The molecule has 0 bridgehead atoms. The van der Waals surface area contributed by atoms with Gasteiger partial charge in [-0.15, -0.1) is 0 Å². The molecule has 1 unspecified atom stereocenters. The van der Waals surface area contributed by atoms with Crippen molar-refractivity contribution in [3.8, 4) is 0 Å². The third-order valence-corrected chi connectivity index (χ3v) is 4.88. The SMILES string of the molecule is O=C(c1ncoc1C1CC1)N1CCCCC1CCn1cccn1. The van der Waals surface area contributed by atoms with E-state index < -0.39 is 0 Å². The molecule has 0 N–H and O–H groups in total. The molecule has 6 nitrogen and oxygen atoms in total. The lowest BCUT2D eigenvalue weighted by Gasteiger charge is -2.35. The van der Waals surface area contributed by atoms with Crippen LogP contribution in [0.15, 0.2) is 29.3 Å². The van der Waals surface area contributed by atoms with Crippen LogP contribution in [0, 0.1) is 0 Å². The molecule has 1 atom stereocenters. The highest BCUT2D eigenvalue weighted by Crippen LogP contribution is 2.42. The van der Waals surface area contributed by atoms with Crippen LogP contribution in [0.2, 0.25) is 0 Å². The number of carbonyl (C=O) groups is 1. The molecule has 6 heteroatoms. The van der Waals surface area contributed by atoms with Crippen molar-refractivity contribution in [1.29, 1.82) is 0 Å². The van der Waals surface area contributed by atoms with Gasteiger partial charge < -0.3 is 9.32 Å². The molecule has 2 aromatic rings. The number of aromatic nitrogens is 3. The Bertz CT molecular complexity index is 660. The van der Waals surface area contributed by atoms with Crippen molar-refractivity contribution in [1.82, 2.24) is 19.7 Å². The molecule has 0 spiro atoms. The number of hydrogen-bond donors (Lipinski definition) is 0. The van der Waals surface area contributed by atoms with Gasteiger partial charge in [-0.1, -0.05) is 0 Å². The summed E-state index contributed by atoms with van der Waals surface area (Å²) in [6, 6.07) is 2.20. The lowest BCUT2D eigenvalue weighted by atomic mass is 9.98. The van der Waals surface area contributed by atoms with E-state index in [0.29, 0.717) is 11.6 Å². The first-order valence-corrected chi connectivity index (χ1v) is 8.54. The summed E-state index contributed by atoms with van der Waals surface area (Å²) in [5.74, 6) is 1.25. The molecular weight excluding hydrogens is 292 g/mol. The summed E-state index contributed by atoms with van der Waals surface area (Å²) < 4.78 is 7.42. The average Bonchev–Trinajstić information content (AvgIpc) is 3.10. The highest BCUT2D eigenvalue weighted by atomic mass is 16.3. The molecule has 0 aromatic carbocycles. The van der Waals surface area contributed by atoms with E-state index in [1.165, 1.54) is 12.8 Å². The number of aryl methyl sites for hydroxylation is 1. The second-order valence-electron chi connectivity index (χ2n) is 6.55.